The maximum atomic E-state index is 6.07. The number of H-pyrrole nitrogens is 1. The van der Waals surface area contributed by atoms with Gasteiger partial charge in [-0.3, -0.25) is 20.5 Å². The normalized spacial score (nSPS) is 13.4. The lowest BCUT2D eigenvalue weighted by atomic mass is 10.3. The Morgan fingerprint density at radius 3 is 3.12 bits per heavy atom. The molecule has 10 heteroatoms. The summed E-state index contributed by atoms with van der Waals surface area (Å²) in [6, 6.07) is 1.97. The van der Waals surface area contributed by atoms with E-state index in [9.17, 15) is 0 Å². The van der Waals surface area contributed by atoms with E-state index in [-0.39, 0.29) is 0 Å². The van der Waals surface area contributed by atoms with Gasteiger partial charge in [-0.15, -0.1) is 16.9 Å². The topological polar surface area (TPSA) is 120 Å². The van der Waals surface area contributed by atoms with Crippen molar-refractivity contribution in [3.63, 3.8) is 0 Å². The Balaban J connectivity index is 1.58. The molecule has 5 N–H and O–H groups in total. The molecule has 0 fully saturated rings. The van der Waals surface area contributed by atoms with E-state index in [0.29, 0.717) is 12.4 Å². The number of aromatic nitrogens is 4. The molecule has 0 unspecified atom stereocenters. The second-order valence-corrected chi connectivity index (χ2v) is 6.57. The van der Waals surface area contributed by atoms with Gasteiger partial charge >= 0.3 is 0 Å². The van der Waals surface area contributed by atoms with Gasteiger partial charge in [0.05, 0.1) is 35.2 Å². The number of hydrogen-bond donors (Lipinski definition) is 4. The summed E-state index contributed by atoms with van der Waals surface area (Å²) < 4.78 is 0. The highest BCUT2D eigenvalue weighted by atomic mass is 32.1. The molecule has 0 bridgehead atoms. The number of fused-ring (bicyclic) bond motifs is 1. The fourth-order valence-corrected chi connectivity index (χ4v) is 3.42. The van der Waals surface area contributed by atoms with Crippen LogP contribution >= 0.6 is 11.3 Å². The zero-order chi connectivity index (χ0) is 17.2. The maximum absolute atomic E-state index is 6.07. The molecular weight excluding hydrogens is 338 g/mol. The standard InChI is InChI=1S/C15H17N9S/c1-2-17-7-13-11(16)3-10(25-13)8-24-15-14(22-23-24)18-6-12(21-15)9-4-19-20-5-9/h3-7,23H,2,8,16H2,1H3,(H,18,22)(H,19,20). The molecule has 1 aliphatic heterocycles. The van der Waals surface area contributed by atoms with Crippen LogP contribution in [0.4, 0.5) is 17.3 Å². The SMILES string of the molecule is CCN=Cc1sc(CN2NNc3ncc(-c4cn[nH]c4)nc32)cc1N. The molecule has 128 valence electrons. The highest BCUT2D eigenvalue weighted by molar-refractivity contribution is 7.14. The molecule has 0 radical (unpaired) electrons. The smallest absolute Gasteiger partial charge is 0.190 e. The van der Waals surface area contributed by atoms with E-state index in [4.69, 9.17) is 5.73 Å². The van der Waals surface area contributed by atoms with Crippen LogP contribution in [-0.4, -0.2) is 32.9 Å². The first-order valence-corrected chi connectivity index (χ1v) is 8.59. The van der Waals surface area contributed by atoms with Gasteiger partial charge in [0.15, 0.2) is 11.6 Å². The van der Waals surface area contributed by atoms with Gasteiger partial charge in [-0.1, -0.05) is 0 Å². The van der Waals surface area contributed by atoms with Crippen molar-refractivity contribution in [2.45, 2.75) is 13.5 Å². The van der Waals surface area contributed by atoms with Crippen LogP contribution in [-0.2, 0) is 6.54 Å². The first kappa shape index (κ1) is 15.5. The second-order valence-electron chi connectivity index (χ2n) is 5.40. The molecule has 0 aliphatic carbocycles. The van der Waals surface area contributed by atoms with E-state index in [1.807, 2.05) is 24.2 Å². The molecule has 0 aromatic carbocycles. The van der Waals surface area contributed by atoms with Gasteiger partial charge in [0.1, 0.15) is 0 Å². The van der Waals surface area contributed by atoms with Crippen molar-refractivity contribution in [1.29, 1.82) is 0 Å². The third-order valence-electron chi connectivity index (χ3n) is 3.66. The number of nitrogen functional groups attached to an aromatic ring is 1. The van der Waals surface area contributed by atoms with E-state index in [2.05, 4.69) is 36.1 Å². The summed E-state index contributed by atoms with van der Waals surface area (Å²) in [7, 11) is 0. The number of nitrogens with one attached hydrogen (secondary N) is 3. The summed E-state index contributed by atoms with van der Waals surface area (Å²) in [6.45, 7) is 3.34. The Bertz CT molecular complexity index is 900. The lowest BCUT2D eigenvalue weighted by molar-refractivity contribution is 0.723. The van der Waals surface area contributed by atoms with Crippen molar-refractivity contribution in [1.82, 2.24) is 25.7 Å². The molecule has 0 spiro atoms. The van der Waals surface area contributed by atoms with Crippen molar-refractivity contribution in [2.75, 3.05) is 22.7 Å². The highest BCUT2D eigenvalue weighted by Crippen LogP contribution is 2.31. The number of hydrazine groups is 2. The predicted molar refractivity (Wildman–Crippen MR) is 99.4 cm³/mol. The summed E-state index contributed by atoms with van der Waals surface area (Å²) in [5.41, 5.74) is 14.6. The Morgan fingerprint density at radius 1 is 1.40 bits per heavy atom. The van der Waals surface area contributed by atoms with Gasteiger partial charge in [-0.2, -0.15) is 5.10 Å². The predicted octanol–water partition coefficient (Wildman–Crippen LogP) is 1.80. The van der Waals surface area contributed by atoms with Crippen molar-refractivity contribution in [2.24, 2.45) is 4.99 Å². The number of hydrogen-bond acceptors (Lipinski definition) is 9. The van der Waals surface area contributed by atoms with Crippen LogP contribution < -0.4 is 21.7 Å². The van der Waals surface area contributed by atoms with Crippen molar-refractivity contribution >= 4 is 34.9 Å². The average Bonchev–Trinajstić information content (AvgIpc) is 3.34. The van der Waals surface area contributed by atoms with E-state index in [1.165, 1.54) is 0 Å². The number of anilines is 3. The molecule has 3 aromatic rings. The molecule has 3 aromatic heterocycles. The largest absolute Gasteiger partial charge is 0.398 e. The van der Waals surface area contributed by atoms with E-state index >= 15 is 0 Å². The first-order valence-electron chi connectivity index (χ1n) is 7.78. The molecule has 0 saturated carbocycles. The first-order chi connectivity index (χ1) is 12.2. The molecule has 0 saturated heterocycles. The number of aliphatic imine (C=N–C) groups is 1. The fraction of sp³-hybridized carbons (Fsp3) is 0.200. The molecule has 4 rings (SSSR count). The van der Waals surface area contributed by atoms with Gasteiger partial charge in [0, 0.05) is 29.4 Å². The van der Waals surface area contributed by atoms with Crippen LogP contribution in [0.25, 0.3) is 11.3 Å². The van der Waals surface area contributed by atoms with Crippen LogP contribution in [0.3, 0.4) is 0 Å². The van der Waals surface area contributed by atoms with Gasteiger partial charge in [-0.25, -0.2) is 9.97 Å². The minimum absolute atomic E-state index is 0.609. The number of rotatable bonds is 5. The molecule has 25 heavy (non-hydrogen) atoms. The van der Waals surface area contributed by atoms with Crippen LogP contribution in [0.15, 0.2) is 29.6 Å². The quantitative estimate of drug-likeness (QED) is 0.515. The van der Waals surface area contributed by atoms with Gasteiger partial charge in [0.25, 0.3) is 0 Å². The molecule has 0 amide bonds. The Kier molecular flexibility index (Phi) is 4.04. The fourth-order valence-electron chi connectivity index (χ4n) is 2.46. The summed E-state index contributed by atoms with van der Waals surface area (Å²) >= 11 is 1.62. The molecule has 4 heterocycles. The monoisotopic (exact) mass is 355 g/mol. The summed E-state index contributed by atoms with van der Waals surface area (Å²) in [4.78, 5) is 15.4. The van der Waals surface area contributed by atoms with E-state index in [1.54, 1.807) is 29.9 Å². The molecule has 0 atom stereocenters. The van der Waals surface area contributed by atoms with Crippen LogP contribution in [0, 0.1) is 0 Å². The van der Waals surface area contributed by atoms with Gasteiger partial charge in [-0.05, 0) is 13.0 Å². The zero-order valence-corrected chi connectivity index (χ0v) is 14.3. The Morgan fingerprint density at radius 2 is 2.32 bits per heavy atom. The highest BCUT2D eigenvalue weighted by Gasteiger charge is 2.23. The lowest BCUT2D eigenvalue weighted by Gasteiger charge is -2.15. The number of aromatic amines is 1. The summed E-state index contributed by atoms with van der Waals surface area (Å²) in [6.07, 6.45) is 7.04. The number of nitrogens with two attached hydrogens (primary N) is 1. The van der Waals surface area contributed by atoms with E-state index in [0.717, 1.165) is 39.1 Å². The number of thiophene rings is 1. The maximum Gasteiger partial charge on any atom is 0.190 e. The Labute approximate surface area is 148 Å². The average molecular weight is 355 g/mol. The van der Waals surface area contributed by atoms with Gasteiger partial charge < -0.3 is 5.73 Å². The Hall–Kier alpha value is -2.98. The second kappa shape index (κ2) is 6.49. The van der Waals surface area contributed by atoms with Gasteiger partial charge in [0.2, 0.25) is 0 Å². The molecule has 1 aliphatic rings. The number of nitrogens with zero attached hydrogens (tertiary/aromatic N) is 5. The zero-order valence-electron chi connectivity index (χ0n) is 13.5. The third kappa shape index (κ3) is 3.04. The van der Waals surface area contributed by atoms with Crippen LogP contribution in [0.1, 0.15) is 16.7 Å². The minimum atomic E-state index is 0.609. The van der Waals surface area contributed by atoms with Crippen molar-refractivity contribution < 1.29 is 0 Å². The molecule has 9 nitrogen and oxygen atoms in total. The van der Waals surface area contributed by atoms with Crippen molar-refractivity contribution in [3.8, 4) is 11.3 Å². The summed E-state index contributed by atoms with van der Waals surface area (Å²) in [5.74, 6) is 1.42. The minimum Gasteiger partial charge on any atom is -0.398 e. The summed E-state index contributed by atoms with van der Waals surface area (Å²) in [5, 5.41) is 8.64. The van der Waals surface area contributed by atoms with Crippen LogP contribution in [0.2, 0.25) is 0 Å². The molecular formula is C15H17N9S. The van der Waals surface area contributed by atoms with Crippen molar-refractivity contribution in [3.05, 3.63) is 34.4 Å². The van der Waals surface area contributed by atoms with Crippen LogP contribution in [0.5, 0.6) is 0 Å². The lowest BCUT2D eigenvalue weighted by Crippen LogP contribution is -2.35. The third-order valence-corrected chi connectivity index (χ3v) is 4.73. The van der Waals surface area contributed by atoms with E-state index < -0.39 is 0 Å².